The van der Waals surface area contributed by atoms with Crippen molar-refractivity contribution in [2.24, 2.45) is 10.9 Å². The summed E-state index contributed by atoms with van der Waals surface area (Å²) in [6.07, 6.45) is 0.193. The van der Waals surface area contributed by atoms with Crippen molar-refractivity contribution in [2.45, 2.75) is 70.3 Å². The van der Waals surface area contributed by atoms with E-state index in [9.17, 15) is 18.0 Å². The summed E-state index contributed by atoms with van der Waals surface area (Å²) >= 11 is 1.18. The van der Waals surface area contributed by atoms with Crippen LogP contribution in [0.25, 0.3) is 0 Å². The molecule has 1 fully saturated rings. The molecule has 1 aromatic rings. The number of amides is 1. The lowest BCUT2D eigenvalue weighted by Crippen LogP contribution is -2.35. The van der Waals surface area contributed by atoms with Gasteiger partial charge in [-0.25, -0.2) is 9.07 Å². The average molecular weight is 417 g/mol. The molecule has 4 nitrogen and oxygen atoms in total. The first-order valence-electron chi connectivity index (χ1n) is 9.21. The van der Waals surface area contributed by atoms with E-state index in [4.69, 9.17) is 0 Å². The molecule has 1 unspecified atom stereocenters. The number of halogens is 4. The van der Waals surface area contributed by atoms with Gasteiger partial charge in [-0.15, -0.1) is 0 Å². The molecular formula is C19H23F4N3OS. The number of carbonyl (C=O) groups is 1. The van der Waals surface area contributed by atoms with E-state index in [0.717, 1.165) is 36.4 Å². The molecule has 0 radical (unpaired) electrons. The van der Waals surface area contributed by atoms with Crippen LogP contribution in [0.15, 0.2) is 28.8 Å². The summed E-state index contributed by atoms with van der Waals surface area (Å²) in [4.78, 5) is 16.6. The largest absolute Gasteiger partial charge is 0.416 e. The summed E-state index contributed by atoms with van der Waals surface area (Å²) in [5, 5.41) is 5.27. The minimum absolute atomic E-state index is 0.232. The zero-order valence-corrected chi connectivity index (χ0v) is 16.8. The maximum absolute atomic E-state index is 15.0. The number of rotatable bonds is 3. The first kappa shape index (κ1) is 21.0. The second-order valence-corrected chi connectivity index (χ2v) is 9.36. The normalized spacial score (nSPS) is 24.2. The summed E-state index contributed by atoms with van der Waals surface area (Å²) in [5.74, 6) is -0.803. The van der Waals surface area contributed by atoms with Crippen molar-refractivity contribution >= 4 is 17.2 Å². The SMILES string of the molecule is CC(C)(C)c1nn(CC2CCC2)c(=NC(=O)C2(F)C=C(C(F)(F)F)C=CC2)s1. The molecule has 154 valence electrons. The summed E-state index contributed by atoms with van der Waals surface area (Å²) in [6, 6.07) is 0. The lowest BCUT2D eigenvalue weighted by molar-refractivity contribution is -0.127. The van der Waals surface area contributed by atoms with Crippen LogP contribution in [0, 0.1) is 5.92 Å². The molecule has 9 heteroatoms. The zero-order valence-electron chi connectivity index (χ0n) is 16.0. The van der Waals surface area contributed by atoms with E-state index in [1.165, 1.54) is 11.3 Å². The summed E-state index contributed by atoms with van der Waals surface area (Å²) in [6.45, 7) is 6.46. The highest BCUT2D eigenvalue weighted by atomic mass is 32.1. The summed E-state index contributed by atoms with van der Waals surface area (Å²) in [7, 11) is 0. The van der Waals surface area contributed by atoms with Crippen LogP contribution in [0.1, 0.15) is 51.5 Å². The highest BCUT2D eigenvalue weighted by molar-refractivity contribution is 7.09. The predicted molar refractivity (Wildman–Crippen MR) is 98.4 cm³/mol. The molecular weight excluding hydrogens is 394 g/mol. The minimum atomic E-state index is -4.72. The topological polar surface area (TPSA) is 47.2 Å². The molecule has 0 spiro atoms. The van der Waals surface area contributed by atoms with Crippen LogP contribution in [-0.4, -0.2) is 27.5 Å². The van der Waals surface area contributed by atoms with Crippen molar-refractivity contribution in [2.75, 3.05) is 0 Å². The molecule has 0 N–H and O–H groups in total. The Labute approximate surface area is 164 Å². The Bertz CT molecular complexity index is 884. The van der Waals surface area contributed by atoms with Gasteiger partial charge < -0.3 is 0 Å². The zero-order chi connectivity index (χ0) is 20.7. The number of carbonyl (C=O) groups excluding carboxylic acids is 1. The molecule has 28 heavy (non-hydrogen) atoms. The van der Waals surface area contributed by atoms with Crippen LogP contribution >= 0.6 is 11.3 Å². The van der Waals surface area contributed by atoms with Gasteiger partial charge in [0, 0.05) is 18.4 Å². The molecule has 1 amide bonds. The van der Waals surface area contributed by atoms with Gasteiger partial charge in [0.1, 0.15) is 5.01 Å². The molecule has 0 aliphatic heterocycles. The van der Waals surface area contributed by atoms with E-state index in [0.29, 0.717) is 18.5 Å². The van der Waals surface area contributed by atoms with Crippen LogP contribution < -0.4 is 4.80 Å². The average Bonchev–Trinajstić information content (AvgIpc) is 2.93. The Balaban J connectivity index is 1.97. The van der Waals surface area contributed by atoms with Crippen LogP contribution in [0.3, 0.4) is 0 Å². The van der Waals surface area contributed by atoms with Crippen LogP contribution in [-0.2, 0) is 16.8 Å². The van der Waals surface area contributed by atoms with Gasteiger partial charge in [-0.05, 0) is 24.8 Å². The Morgan fingerprint density at radius 1 is 1.36 bits per heavy atom. The molecule has 0 bridgehead atoms. The van der Waals surface area contributed by atoms with Crippen molar-refractivity contribution in [3.05, 3.63) is 33.6 Å². The van der Waals surface area contributed by atoms with E-state index in [1.807, 2.05) is 20.8 Å². The number of nitrogens with zero attached hydrogens (tertiary/aromatic N) is 3. The fourth-order valence-corrected chi connectivity index (χ4v) is 3.92. The number of aromatic nitrogens is 2. The van der Waals surface area contributed by atoms with Crippen molar-refractivity contribution < 1.29 is 22.4 Å². The lowest BCUT2D eigenvalue weighted by atomic mass is 9.85. The molecule has 1 aromatic heterocycles. The third-order valence-electron chi connectivity index (χ3n) is 4.89. The van der Waals surface area contributed by atoms with E-state index in [-0.39, 0.29) is 10.2 Å². The molecule has 1 atom stereocenters. The molecule has 2 aliphatic carbocycles. The Hall–Kier alpha value is -1.77. The quantitative estimate of drug-likeness (QED) is 0.674. The summed E-state index contributed by atoms with van der Waals surface area (Å²) in [5.41, 5.74) is -4.26. The second-order valence-electron chi connectivity index (χ2n) is 8.40. The Morgan fingerprint density at radius 3 is 2.57 bits per heavy atom. The third-order valence-corrected chi connectivity index (χ3v) is 6.27. The number of alkyl halides is 4. The molecule has 0 aromatic carbocycles. The van der Waals surface area contributed by atoms with Gasteiger partial charge >= 0.3 is 6.18 Å². The van der Waals surface area contributed by atoms with Gasteiger partial charge in [0.05, 0.1) is 5.57 Å². The lowest BCUT2D eigenvalue weighted by Gasteiger charge is -2.25. The first-order valence-corrected chi connectivity index (χ1v) is 10.0. The maximum Gasteiger partial charge on any atom is 0.416 e. The number of allylic oxidation sites excluding steroid dienone is 3. The molecule has 1 heterocycles. The van der Waals surface area contributed by atoms with Crippen molar-refractivity contribution in [3.8, 4) is 0 Å². The van der Waals surface area contributed by atoms with Crippen LogP contribution in [0.2, 0.25) is 0 Å². The first-order chi connectivity index (χ1) is 12.9. The molecule has 1 saturated carbocycles. The Morgan fingerprint density at radius 2 is 2.04 bits per heavy atom. The maximum atomic E-state index is 15.0. The van der Waals surface area contributed by atoms with Gasteiger partial charge in [-0.2, -0.15) is 23.3 Å². The van der Waals surface area contributed by atoms with E-state index in [2.05, 4.69) is 10.1 Å². The monoisotopic (exact) mass is 417 g/mol. The van der Waals surface area contributed by atoms with Gasteiger partial charge in [0.2, 0.25) is 10.5 Å². The number of hydrogen-bond acceptors (Lipinski definition) is 3. The highest BCUT2D eigenvalue weighted by Gasteiger charge is 2.43. The fraction of sp³-hybridized carbons (Fsp3) is 0.632. The fourth-order valence-electron chi connectivity index (χ4n) is 2.95. The smallest absolute Gasteiger partial charge is 0.268 e. The molecule has 0 saturated heterocycles. The van der Waals surface area contributed by atoms with Crippen molar-refractivity contribution in [1.82, 2.24) is 9.78 Å². The molecule has 2 aliphatic rings. The minimum Gasteiger partial charge on any atom is -0.268 e. The number of hydrogen-bond donors (Lipinski definition) is 0. The second kappa shape index (κ2) is 7.24. The molecule has 3 rings (SSSR count). The van der Waals surface area contributed by atoms with Crippen LogP contribution in [0.5, 0.6) is 0 Å². The van der Waals surface area contributed by atoms with Crippen LogP contribution in [0.4, 0.5) is 17.6 Å². The third kappa shape index (κ3) is 4.45. The van der Waals surface area contributed by atoms with Crippen molar-refractivity contribution in [3.63, 3.8) is 0 Å². The summed E-state index contributed by atoms with van der Waals surface area (Å²) < 4.78 is 55.4. The van der Waals surface area contributed by atoms with Gasteiger partial charge in [0.25, 0.3) is 5.91 Å². The Kier molecular flexibility index (Phi) is 5.42. The van der Waals surface area contributed by atoms with E-state index < -0.39 is 29.7 Å². The van der Waals surface area contributed by atoms with Gasteiger partial charge in [-0.1, -0.05) is 50.7 Å². The van der Waals surface area contributed by atoms with E-state index in [1.54, 1.807) is 4.68 Å². The van der Waals surface area contributed by atoms with Crippen molar-refractivity contribution in [1.29, 1.82) is 0 Å². The highest BCUT2D eigenvalue weighted by Crippen LogP contribution is 2.35. The standard InChI is InChI=1S/C19H23F4N3OS/c1-17(2,3)15-25-26(11-12-6-4-7-12)16(28-15)24-14(27)18(20)9-5-8-13(10-18)19(21,22)23/h5,8,10,12H,4,6-7,9,11H2,1-3H3. The van der Waals surface area contributed by atoms with Gasteiger partial charge in [-0.3, -0.25) is 4.79 Å². The predicted octanol–water partition coefficient (Wildman–Crippen LogP) is 4.63. The van der Waals surface area contributed by atoms with Gasteiger partial charge in [0.15, 0.2) is 0 Å². The van der Waals surface area contributed by atoms with E-state index >= 15 is 4.39 Å².